The Morgan fingerprint density at radius 2 is 1.88 bits per heavy atom. The lowest BCUT2D eigenvalue weighted by Gasteiger charge is -2.22. The van der Waals surface area contributed by atoms with E-state index in [1.165, 1.54) is 43.4 Å². The molecule has 0 N–H and O–H groups in total. The zero-order valence-electron chi connectivity index (χ0n) is 15.0. The van der Waals surface area contributed by atoms with Crippen molar-refractivity contribution in [3.8, 4) is 0 Å². The molecule has 25 heavy (non-hydrogen) atoms. The minimum atomic E-state index is 0.969. The first-order chi connectivity index (χ1) is 12.3. The van der Waals surface area contributed by atoms with Gasteiger partial charge in [-0.3, -0.25) is 4.98 Å². The molecule has 3 heterocycles. The molecule has 0 amide bonds. The van der Waals surface area contributed by atoms with Crippen LogP contribution in [0.5, 0.6) is 0 Å². The van der Waals surface area contributed by atoms with Crippen LogP contribution in [0, 0.1) is 0 Å². The topological polar surface area (TPSA) is 19.4 Å². The number of hydrogen-bond acceptors (Lipinski definition) is 3. The average Bonchev–Trinajstić information content (AvgIpc) is 2.68. The number of halogens is 1. The summed E-state index contributed by atoms with van der Waals surface area (Å²) in [7, 11) is 0. The van der Waals surface area contributed by atoms with Gasteiger partial charge in [-0.15, -0.1) is 0 Å². The fourth-order valence-electron chi connectivity index (χ4n) is 2.64. The maximum Gasteiger partial charge on any atom is 0.0494 e. The van der Waals surface area contributed by atoms with Crippen molar-refractivity contribution in [2.24, 2.45) is 0 Å². The molecule has 1 aromatic rings. The molecule has 0 unspecified atom stereocenters. The minimum Gasteiger partial charge on any atom is -0.374 e. The zero-order chi connectivity index (χ0) is 17.7. The first-order valence-corrected chi connectivity index (χ1v) is 9.79. The van der Waals surface area contributed by atoms with E-state index in [0.29, 0.717) is 0 Å². The van der Waals surface area contributed by atoms with E-state index in [0.717, 1.165) is 13.1 Å². The highest BCUT2D eigenvalue weighted by Crippen LogP contribution is 2.18. The lowest BCUT2D eigenvalue weighted by molar-refractivity contribution is 0.395. The van der Waals surface area contributed by atoms with Crippen LogP contribution >= 0.6 is 16.1 Å². The molecule has 0 aliphatic carbocycles. The van der Waals surface area contributed by atoms with E-state index in [1.807, 2.05) is 34.7 Å². The molecule has 1 aromatic heterocycles. The second-order valence-electron chi connectivity index (χ2n) is 6.12. The molecule has 134 valence electrons. The fraction of sp³-hybridized carbons (Fsp3) is 0.381. The fourth-order valence-corrected chi connectivity index (χ4v) is 2.94. The van der Waals surface area contributed by atoms with Crippen molar-refractivity contribution in [3.05, 3.63) is 72.9 Å². The number of nitrogens with zero attached hydrogens (tertiary/aromatic N) is 3. The molecule has 2 aliphatic rings. The predicted molar refractivity (Wildman–Crippen MR) is 111 cm³/mol. The summed E-state index contributed by atoms with van der Waals surface area (Å²) in [5, 5.41) is 0. The van der Waals surface area contributed by atoms with Gasteiger partial charge in [-0.1, -0.05) is 44.4 Å². The van der Waals surface area contributed by atoms with Crippen molar-refractivity contribution in [2.75, 3.05) is 19.6 Å². The number of rotatable bonds is 6. The summed E-state index contributed by atoms with van der Waals surface area (Å²) in [6.45, 7) is 5.43. The second-order valence-corrected chi connectivity index (χ2v) is 7.03. The maximum atomic E-state index is 4.05. The SMILES string of the molecule is BrN1C=CC=CC1.CCCCCCN1C=CC(c2ccncc2)=CC1. The van der Waals surface area contributed by atoms with Gasteiger partial charge in [0, 0.05) is 54.4 Å². The smallest absolute Gasteiger partial charge is 0.0494 e. The van der Waals surface area contributed by atoms with Gasteiger partial charge in [-0.2, -0.15) is 0 Å². The van der Waals surface area contributed by atoms with E-state index in [-0.39, 0.29) is 0 Å². The summed E-state index contributed by atoms with van der Waals surface area (Å²) in [5.41, 5.74) is 2.56. The molecule has 4 heteroatoms. The van der Waals surface area contributed by atoms with Crippen molar-refractivity contribution in [3.63, 3.8) is 0 Å². The van der Waals surface area contributed by atoms with Crippen LogP contribution < -0.4 is 0 Å². The van der Waals surface area contributed by atoms with Gasteiger partial charge in [-0.25, -0.2) is 0 Å². The van der Waals surface area contributed by atoms with Gasteiger partial charge < -0.3 is 8.83 Å². The van der Waals surface area contributed by atoms with E-state index in [2.05, 4.69) is 69.5 Å². The Balaban J connectivity index is 0.000000269. The number of pyridine rings is 1. The molecule has 0 bridgehead atoms. The lowest BCUT2D eigenvalue weighted by Crippen LogP contribution is -2.20. The van der Waals surface area contributed by atoms with Gasteiger partial charge in [0.15, 0.2) is 0 Å². The predicted octanol–water partition coefficient (Wildman–Crippen LogP) is 5.56. The van der Waals surface area contributed by atoms with Crippen molar-refractivity contribution >= 4 is 21.7 Å². The highest BCUT2D eigenvalue weighted by molar-refractivity contribution is 9.07. The maximum absolute atomic E-state index is 4.05. The molecule has 0 fully saturated rings. The molecular formula is C21H28BrN3. The Labute approximate surface area is 160 Å². The first kappa shape index (κ1) is 19.5. The van der Waals surface area contributed by atoms with Crippen LogP contribution in [-0.2, 0) is 0 Å². The standard InChI is InChI=1S/C16H22N2.C5H6BrN/c1-2-3-4-5-12-18-13-8-16(9-14-18)15-6-10-17-11-7-15;6-7-4-2-1-3-5-7/h6-11,13H,2-5,12,14H2,1H3;1-4H,5H2. The minimum absolute atomic E-state index is 0.969. The van der Waals surface area contributed by atoms with Crippen LogP contribution in [0.1, 0.15) is 38.2 Å². The normalized spacial score (nSPS) is 15.7. The highest BCUT2D eigenvalue weighted by Gasteiger charge is 2.05. The van der Waals surface area contributed by atoms with Crippen LogP contribution in [-0.4, -0.2) is 33.4 Å². The van der Waals surface area contributed by atoms with Gasteiger partial charge in [0.1, 0.15) is 0 Å². The van der Waals surface area contributed by atoms with Crippen LogP contribution in [0.25, 0.3) is 5.57 Å². The number of aromatic nitrogens is 1. The monoisotopic (exact) mass is 401 g/mol. The van der Waals surface area contributed by atoms with E-state index in [1.54, 1.807) is 0 Å². The largest absolute Gasteiger partial charge is 0.374 e. The number of hydrogen-bond donors (Lipinski definition) is 0. The second kappa shape index (κ2) is 11.7. The van der Waals surface area contributed by atoms with Crippen LogP contribution in [0.2, 0.25) is 0 Å². The molecule has 3 nitrogen and oxygen atoms in total. The zero-order valence-corrected chi connectivity index (χ0v) is 16.6. The molecule has 2 aliphatic heterocycles. The number of unbranched alkanes of at least 4 members (excludes halogenated alkanes) is 3. The quantitative estimate of drug-likeness (QED) is 0.459. The summed E-state index contributed by atoms with van der Waals surface area (Å²) in [4.78, 5) is 6.44. The third-order valence-corrected chi connectivity index (χ3v) is 4.62. The molecule has 0 saturated carbocycles. The molecular weight excluding hydrogens is 374 g/mol. The summed E-state index contributed by atoms with van der Waals surface area (Å²) in [5.74, 6) is 0. The molecule has 0 saturated heterocycles. The molecule has 0 radical (unpaired) electrons. The third kappa shape index (κ3) is 7.74. The molecule has 0 atom stereocenters. The van der Waals surface area contributed by atoms with Crippen molar-refractivity contribution in [1.29, 1.82) is 0 Å². The summed E-state index contributed by atoms with van der Waals surface area (Å²) in [6, 6.07) is 4.13. The van der Waals surface area contributed by atoms with Crippen LogP contribution in [0.4, 0.5) is 0 Å². The van der Waals surface area contributed by atoms with Gasteiger partial charge >= 0.3 is 0 Å². The van der Waals surface area contributed by atoms with E-state index >= 15 is 0 Å². The Morgan fingerprint density at radius 3 is 2.44 bits per heavy atom. The van der Waals surface area contributed by atoms with Gasteiger partial charge in [0.05, 0.1) is 0 Å². The highest BCUT2D eigenvalue weighted by atomic mass is 79.9. The van der Waals surface area contributed by atoms with E-state index in [4.69, 9.17) is 0 Å². The lowest BCUT2D eigenvalue weighted by atomic mass is 10.1. The first-order valence-electron chi connectivity index (χ1n) is 9.08. The Bertz CT molecular complexity index is 605. The van der Waals surface area contributed by atoms with Gasteiger partial charge in [-0.05, 0) is 48.0 Å². The molecule has 0 spiro atoms. The van der Waals surface area contributed by atoms with Crippen LogP contribution in [0.3, 0.4) is 0 Å². The van der Waals surface area contributed by atoms with Crippen LogP contribution in [0.15, 0.2) is 67.3 Å². The molecule has 3 rings (SSSR count). The molecule has 0 aromatic carbocycles. The van der Waals surface area contributed by atoms with Crippen molar-refractivity contribution in [1.82, 2.24) is 13.8 Å². The third-order valence-electron chi connectivity index (χ3n) is 4.10. The number of allylic oxidation sites excluding steroid dienone is 4. The van der Waals surface area contributed by atoms with Crippen molar-refractivity contribution in [2.45, 2.75) is 32.6 Å². The van der Waals surface area contributed by atoms with Crippen molar-refractivity contribution < 1.29 is 0 Å². The summed E-state index contributed by atoms with van der Waals surface area (Å²) >= 11 is 3.28. The average molecular weight is 402 g/mol. The van der Waals surface area contributed by atoms with Gasteiger partial charge in [0.2, 0.25) is 0 Å². The summed E-state index contributed by atoms with van der Waals surface area (Å²) in [6.07, 6.45) is 23.8. The Hall–Kier alpha value is -1.81. The summed E-state index contributed by atoms with van der Waals surface area (Å²) < 4.78 is 1.94. The Morgan fingerprint density at radius 1 is 1.04 bits per heavy atom. The van der Waals surface area contributed by atoms with E-state index < -0.39 is 0 Å². The van der Waals surface area contributed by atoms with E-state index in [9.17, 15) is 0 Å². The van der Waals surface area contributed by atoms with Gasteiger partial charge in [0.25, 0.3) is 0 Å². The Kier molecular flexibility index (Phi) is 9.13.